The van der Waals surface area contributed by atoms with Crippen molar-refractivity contribution >= 4 is 5.78 Å². The number of Topliss-reactive ketones (excluding diaryl/α,β-unsaturated/α-hetero) is 1. The number of hydrogen-bond acceptors (Lipinski definition) is 1. The van der Waals surface area contributed by atoms with Gasteiger partial charge in [0.15, 0.2) is 17.4 Å². The summed E-state index contributed by atoms with van der Waals surface area (Å²) >= 11 is 0. The topological polar surface area (TPSA) is 17.1 Å². The van der Waals surface area contributed by atoms with Crippen molar-refractivity contribution in [1.82, 2.24) is 0 Å². The van der Waals surface area contributed by atoms with Crippen molar-refractivity contribution in [3.8, 4) is 0 Å². The maximum Gasteiger partial charge on any atom is 0.168 e. The van der Waals surface area contributed by atoms with Crippen molar-refractivity contribution in [3.63, 3.8) is 0 Å². The lowest BCUT2D eigenvalue weighted by atomic mass is 9.68. The SMILES string of the molecule is CC(C)(C)C1CCC(C(=O)c2cc(F)c(F)cc2F)CC1. The van der Waals surface area contributed by atoms with E-state index in [1.165, 1.54) is 0 Å². The Bertz CT molecular complexity index is 538. The van der Waals surface area contributed by atoms with Crippen LogP contribution in [0.4, 0.5) is 13.2 Å². The van der Waals surface area contributed by atoms with E-state index >= 15 is 0 Å². The first-order valence-electron chi connectivity index (χ1n) is 7.39. The standard InChI is InChI=1S/C17H21F3O/c1-17(2,3)11-6-4-10(5-7-11)16(21)12-8-14(19)15(20)9-13(12)18/h8-11H,4-7H2,1-3H3. The van der Waals surface area contributed by atoms with E-state index in [1.807, 2.05) is 0 Å². The zero-order chi connectivity index (χ0) is 15.8. The lowest BCUT2D eigenvalue weighted by molar-refractivity contribution is 0.0814. The van der Waals surface area contributed by atoms with Crippen LogP contribution in [0.2, 0.25) is 0 Å². The minimum absolute atomic E-state index is 0.196. The number of halogens is 3. The maximum atomic E-state index is 13.7. The molecule has 1 aromatic rings. The summed E-state index contributed by atoms with van der Waals surface area (Å²) in [7, 11) is 0. The molecular weight excluding hydrogens is 277 g/mol. The highest BCUT2D eigenvalue weighted by molar-refractivity contribution is 5.98. The fourth-order valence-electron chi connectivity index (χ4n) is 3.15. The highest BCUT2D eigenvalue weighted by atomic mass is 19.2. The third-order valence-electron chi connectivity index (χ3n) is 4.60. The van der Waals surface area contributed by atoms with E-state index in [-0.39, 0.29) is 16.9 Å². The van der Waals surface area contributed by atoms with Gasteiger partial charge in [0.1, 0.15) is 5.82 Å². The maximum absolute atomic E-state index is 13.7. The summed E-state index contributed by atoms with van der Waals surface area (Å²) in [5.41, 5.74) is -0.130. The predicted octanol–water partition coefficient (Wildman–Crippen LogP) is 5.14. The van der Waals surface area contributed by atoms with Crippen molar-refractivity contribution in [2.24, 2.45) is 17.3 Å². The normalized spacial score (nSPS) is 23.1. The van der Waals surface area contributed by atoms with Crippen LogP contribution >= 0.6 is 0 Å². The fraction of sp³-hybridized carbons (Fsp3) is 0.588. The van der Waals surface area contributed by atoms with Gasteiger partial charge in [-0.1, -0.05) is 20.8 Å². The van der Waals surface area contributed by atoms with E-state index in [9.17, 15) is 18.0 Å². The van der Waals surface area contributed by atoms with Crippen LogP contribution in [0.1, 0.15) is 56.8 Å². The molecule has 0 radical (unpaired) electrons. The second-order valence-corrected chi connectivity index (χ2v) is 7.02. The Hall–Kier alpha value is -1.32. The predicted molar refractivity (Wildman–Crippen MR) is 75.5 cm³/mol. The zero-order valence-corrected chi connectivity index (χ0v) is 12.7. The van der Waals surface area contributed by atoms with Crippen LogP contribution in [0.25, 0.3) is 0 Å². The van der Waals surface area contributed by atoms with Crippen molar-refractivity contribution < 1.29 is 18.0 Å². The summed E-state index contributed by atoms with van der Waals surface area (Å²) in [5.74, 6) is -3.57. The monoisotopic (exact) mass is 298 g/mol. The van der Waals surface area contributed by atoms with Gasteiger partial charge in [-0.15, -0.1) is 0 Å². The Labute approximate surface area is 123 Å². The van der Waals surface area contributed by atoms with Crippen molar-refractivity contribution in [2.45, 2.75) is 46.5 Å². The molecule has 1 nitrogen and oxygen atoms in total. The molecule has 0 saturated heterocycles. The van der Waals surface area contributed by atoms with Crippen LogP contribution in [0.5, 0.6) is 0 Å². The molecule has 1 saturated carbocycles. The number of benzene rings is 1. The Morgan fingerprint density at radius 2 is 1.48 bits per heavy atom. The number of hydrogen-bond donors (Lipinski definition) is 0. The Morgan fingerprint density at radius 1 is 0.952 bits per heavy atom. The zero-order valence-electron chi connectivity index (χ0n) is 12.7. The van der Waals surface area contributed by atoms with Gasteiger partial charge in [0, 0.05) is 12.0 Å². The first kappa shape index (κ1) is 16.1. The lowest BCUT2D eigenvalue weighted by Gasteiger charge is -2.36. The summed E-state index contributed by atoms with van der Waals surface area (Å²) in [5, 5.41) is 0. The van der Waals surface area contributed by atoms with Crippen molar-refractivity contribution in [1.29, 1.82) is 0 Å². The molecule has 0 bridgehead atoms. The second-order valence-electron chi connectivity index (χ2n) is 7.02. The Balaban J connectivity index is 2.11. The molecular formula is C17H21F3O. The molecule has 4 heteroatoms. The van der Waals surface area contributed by atoms with Crippen LogP contribution in [-0.2, 0) is 0 Å². The average molecular weight is 298 g/mol. The molecule has 0 aromatic heterocycles. The molecule has 2 rings (SSSR count). The molecule has 21 heavy (non-hydrogen) atoms. The highest BCUT2D eigenvalue weighted by Crippen LogP contribution is 2.40. The molecule has 1 aliphatic carbocycles. The van der Waals surface area contributed by atoms with Gasteiger partial charge in [-0.2, -0.15) is 0 Å². The smallest absolute Gasteiger partial charge is 0.168 e. The first-order chi connectivity index (χ1) is 9.70. The number of ketones is 1. The quantitative estimate of drug-likeness (QED) is 0.546. The van der Waals surface area contributed by atoms with E-state index in [0.29, 0.717) is 30.9 Å². The molecule has 0 aliphatic heterocycles. The Morgan fingerprint density at radius 3 is 2.00 bits per heavy atom. The third-order valence-corrected chi connectivity index (χ3v) is 4.60. The van der Waals surface area contributed by atoms with Crippen LogP contribution < -0.4 is 0 Å². The lowest BCUT2D eigenvalue weighted by Crippen LogP contribution is -2.29. The minimum atomic E-state index is -1.26. The van der Waals surface area contributed by atoms with Gasteiger partial charge in [-0.05, 0) is 43.1 Å². The summed E-state index contributed by atoms with van der Waals surface area (Å²) in [6.45, 7) is 6.53. The fourth-order valence-corrected chi connectivity index (χ4v) is 3.15. The van der Waals surface area contributed by atoms with Gasteiger partial charge >= 0.3 is 0 Å². The average Bonchev–Trinajstić information content (AvgIpc) is 2.41. The summed E-state index contributed by atoms with van der Waals surface area (Å²) in [6.07, 6.45) is 3.18. The molecule has 1 aliphatic rings. The van der Waals surface area contributed by atoms with Crippen LogP contribution in [-0.4, -0.2) is 5.78 Å². The van der Waals surface area contributed by atoms with E-state index < -0.39 is 23.2 Å². The van der Waals surface area contributed by atoms with Crippen molar-refractivity contribution in [3.05, 3.63) is 35.1 Å². The largest absolute Gasteiger partial charge is 0.294 e. The van der Waals surface area contributed by atoms with Gasteiger partial charge in [-0.3, -0.25) is 4.79 Å². The van der Waals surface area contributed by atoms with E-state index in [4.69, 9.17) is 0 Å². The molecule has 1 fully saturated rings. The number of carbonyl (C=O) groups is 1. The van der Waals surface area contributed by atoms with Gasteiger partial charge in [0.25, 0.3) is 0 Å². The molecule has 0 unspecified atom stereocenters. The van der Waals surface area contributed by atoms with E-state index in [0.717, 1.165) is 12.8 Å². The molecule has 0 spiro atoms. The molecule has 0 N–H and O–H groups in total. The molecule has 1 aromatic carbocycles. The number of rotatable bonds is 2. The van der Waals surface area contributed by atoms with Crippen LogP contribution in [0.3, 0.4) is 0 Å². The number of carbonyl (C=O) groups excluding carboxylic acids is 1. The van der Waals surface area contributed by atoms with E-state index in [1.54, 1.807) is 0 Å². The molecule has 0 amide bonds. The molecule has 116 valence electrons. The highest BCUT2D eigenvalue weighted by Gasteiger charge is 2.33. The summed E-state index contributed by atoms with van der Waals surface area (Å²) in [4.78, 5) is 12.3. The second kappa shape index (κ2) is 5.82. The van der Waals surface area contributed by atoms with Gasteiger partial charge in [0.2, 0.25) is 0 Å². The third kappa shape index (κ3) is 3.47. The van der Waals surface area contributed by atoms with Gasteiger partial charge in [-0.25, -0.2) is 13.2 Å². The van der Waals surface area contributed by atoms with E-state index in [2.05, 4.69) is 20.8 Å². The first-order valence-corrected chi connectivity index (χ1v) is 7.39. The summed E-state index contributed by atoms with van der Waals surface area (Å²) in [6, 6.07) is 1.13. The molecule has 0 heterocycles. The van der Waals surface area contributed by atoms with Gasteiger partial charge < -0.3 is 0 Å². The Kier molecular flexibility index (Phi) is 4.45. The van der Waals surface area contributed by atoms with Gasteiger partial charge in [0.05, 0.1) is 5.56 Å². The van der Waals surface area contributed by atoms with Crippen LogP contribution in [0, 0.1) is 34.7 Å². The minimum Gasteiger partial charge on any atom is -0.294 e. The van der Waals surface area contributed by atoms with Crippen LogP contribution in [0.15, 0.2) is 12.1 Å². The molecule has 0 atom stereocenters. The van der Waals surface area contributed by atoms with Crippen molar-refractivity contribution in [2.75, 3.05) is 0 Å². The summed E-state index contributed by atoms with van der Waals surface area (Å²) < 4.78 is 39.8.